The summed E-state index contributed by atoms with van der Waals surface area (Å²) in [5.74, 6) is 0. The van der Waals surface area contributed by atoms with E-state index in [0.717, 1.165) is 0 Å². The predicted octanol–water partition coefficient (Wildman–Crippen LogP) is 5.92. The fourth-order valence-electron chi connectivity index (χ4n) is 4.64. The summed E-state index contributed by atoms with van der Waals surface area (Å²) in [5, 5.41) is 0. The second kappa shape index (κ2) is 20.4. The van der Waals surface area contributed by atoms with Crippen molar-refractivity contribution in [2.45, 2.75) is 124 Å². The Labute approximate surface area is 196 Å². The predicted molar refractivity (Wildman–Crippen MR) is 131 cm³/mol. The molecule has 1 aromatic carbocycles. The van der Waals surface area contributed by atoms with Gasteiger partial charge in [-0.3, -0.25) is 0 Å². The van der Waals surface area contributed by atoms with Crippen molar-refractivity contribution in [3.05, 3.63) is 35.9 Å². The number of hydrogen-bond donors (Lipinski definition) is 0. The van der Waals surface area contributed by atoms with Gasteiger partial charge in [0.2, 0.25) is 0 Å². The average Bonchev–Trinajstić information content (AvgIpc) is 2.75. The lowest BCUT2D eigenvalue weighted by Gasteiger charge is -2.39. The zero-order valence-corrected chi connectivity index (χ0v) is 21.4. The lowest BCUT2D eigenvalue weighted by Crippen LogP contribution is -3.00. The van der Waals surface area contributed by atoms with Gasteiger partial charge < -0.3 is 16.9 Å². The molecule has 0 bridgehead atoms. The normalized spacial score (nSPS) is 11.4. The molecular weight excluding hydrogens is 386 g/mol. The highest BCUT2D eigenvalue weighted by atomic mass is 35.5. The van der Waals surface area contributed by atoms with Crippen LogP contribution < -0.4 is 12.4 Å². The standard InChI is InChI=1S/C28H52N.ClH/c1-4-7-10-11-12-13-14-15-16-17-21-26-29(24-8-5-2,25-9-6-3)27-28-22-19-18-20-23-28;/h18-20,22-23H,4-17,21,24-27H2,1-3H3;1H/q+1;/p-1. The van der Waals surface area contributed by atoms with E-state index in [9.17, 15) is 0 Å². The van der Waals surface area contributed by atoms with Crippen molar-refractivity contribution in [3.63, 3.8) is 0 Å². The smallest absolute Gasteiger partial charge is 0.104 e. The molecule has 0 N–H and O–H groups in total. The van der Waals surface area contributed by atoms with Crippen molar-refractivity contribution < 1.29 is 16.9 Å². The molecular formula is C28H52ClN. The van der Waals surface area contributed by atoms with Crippen molar-refractivity contribution in [2.75, 3.05) is 19.6 Å². The Bertz CT molecular complexity index is 451. The fourth-order valence-corrected chi connectivity index (χ4v) is 4.64. The third-order valence-corrected chi connectivity index (χ3v) is 6.57. The molecule has 2 heteroatoms. The van der Waals surface area contributed by atoms with Crippen LogP contribution in [0.3, 0.4) is 0 Å². The maximum absolute atomic E-state index is 2.35. The molecule has 0 fully saturated rings. The molecule has 0 saturated carbocycles. The second-order valence-electron chi connectivity index (χ2n) is 9.40. The molecule has 0 atom stereocenters. The first-order valence-electron chi connectivity index (χ1n) is 13.2. The summed E-state index contributed by atoms with van der Waals surface area (Å²) < 4.78 is 1.32. The van der Waals surface area contributed by atoms with Gasteiger partial charge in [-0.25, -0.2) is 0 Å². The molecule has 0 aliphatic carbocycles. The minimum Gasteiger partial charge on any atom is -1.00 e. The second-order valence-corrected chi connectivity index (χ2v) is 9.40. The monoisotopic (exact) mass is 437 g/mol. The molecule has 0 heterocycles. The molecule has 176 valence electrons. The Hall–Kier alpha value is -0.530. The fraction of sp³-hybridized carbons (Fsp3) is 0.786. The summed E-state index contributed by atoms with van der Waals surface area (Å²) in [6.45, 7) is 12.3. The van der Waals surface area contributed by atoms with E-state index in [1.165, 1.54) is 133 Å². The molecule has 1 rings (SSSR count). The van der Waals surface area contributed by atoms with E-state index in [2.05, 4.69) is 51.1 Å². The lowest BCUT2D eigenvalue weighted by atomic mass is 10.0. The first-order valence-corrected chi connectivity index (χ1v) is 13.2. The van der Waals surface area contributed by atoms with Crippen molar-refractivity contribution in [1.29, 1.82) is 0 Å². The molecule has 0 amide bonds. The van der Waals surface area contributed by atoms with Gasteiger partial charge in [-0.05, 0) is 25.7 Å². The van der Waals surface area contributed by atoms with Crippen LogP contribution in [0.15, 0.2) is 30.3 Å². The van der Waals surface area contributed by atoms with Crippen molar-refractivity contribution in [2.24, 2.45) is 0 Å². The Kier molecular flexibility index (Phi) is 20.0. The van der Waals surface area contributed by atoms with E-state index in [1.807, 2.05) is 0 Å². The largest absolute Gasteiger partial charge is 1.00 e. The summed E-state index contributed by atoms with van der Waals surface area (Å²) in [7, 11) is 0. The Morgan fingerprint density at radius 3 is 1.37 bits per heavy atom. The SMILES string of the molecule is CCCCCCCCCCCCC[N+](CCCC)(CCCC)Cc1ccccc1.[Cl-]. The zero-order valence-electron chi connectivity index (χ0n) is 20.6. The van der Waals surface area contributed by atoms with Crippen molar-refractivity contribution in [3.8, 4) is 0 Å². The highest BCUT2D eigenvalue weighted by molar-refractivity contribution is 5.13. The van der Waals surface area contributed by atoms with Gasteiger partial charge >= 0.3 is 0 Å². The molecule has 0 spiro atoms. The number of nitrogens with zero attached hydrogens (tertiary/aromatic N) is 1. The van der Waals surface area contributed by atoms with E-state index >= 15 is 0 Å². The van der Waals surface area contributed by atoms with Crippen LogP contribution in [0.5, 0.6) is 0 Å². The zero-order chi connectivity index (χ0) is 21.0. The number of hydrogen-bond acceptors (Lipinski definition) is 0. The summed E-state index contributed by atoms with van der Waals surface area (Å²) in [6, 6.07) is 11.3. The number of benzene rings is 1. The molecule has 0 aliphatic heterocycles. The van der Waals surface area contributed by atoms with Gasteiger partial charge in [0.1, 0.15) is 6.54 Å². The van der Waals surface area contributed by atoms with Crippen LogP contribution in [-0.2, 0) is 6.54 Å². The van der Waals surface area contributed by atoms with Crippen LogP contribution >= 0.6 is 0 Å². The molecule has 30 heavy (non-hydrogen) atoms. The third kappa shape index (κ3) is 14.5. The minimum absolute atomic E-state index is 0. The van der Waals surface area contributed by atoms with Crippen LogP contribution in [0.25, 0.3) is 0 Å². The summed E-state index contributed by atoms with van der Waals surface area (Å²) in [5.41, 5.74) is 1.53. The van der Waals surface area contributed by atoms with Crippen LogP contribution in [0.4, 0.5) is 0 Å². The topological polar surface area (TPSA) is 0 Å². The van der Waals surface area contributed by atoms with Gasteiger partial charge in [0.25, 0.3) is 0 Å². The summed E-state index contributed by atoms with van der Waals surface area (Å²) >= 11 is 0. The minimum atomic E-state index is 0. The van der Waals surface area contributed by atoms with Gasteiger partial charge in [0, 0.05) is 5.56 Å². The maximum Gasteiger partial charge on any atom is 0.104 e. The first kappa shape index (κ1) is 29.5. The molecule has 1 aromatic rings. The van der Waals surface area contributed by atoms with Gasteiger partial charge in [-0.15, -0.1) is 0 Å². The number of halogens is 1. The van der Waals surface area contributed by atoms with Crippen molar-refractivity contribution >= 4 is 0 Å². The average molecular weight is 438 g/mol. The van der Waals surface area contributed by atoms with E-state index in [0.29, 0.717) is 0 Å². The first-order chi connectivity index (χ1) is 14.3. The van der Waals surface area contributed by atoms with E-state index in [1.54, 1.807) is 0 Å². The molecule has 0 aliphatic rings. The van der Waals surface area contributed by atoms with Crippen LogP contribution in [0, 0.1) is 0 Å². The highest BCUT2D eigenvalue weighted by Crippen LogP contribution is 2.21. The van der Waals surface area contributed by atoms with Crippen molar-refractivity contribution in [1.82, 2.24) is 0 Å². The molecule has 0 aromatic heterocycles. The van der Waals surface area contributed by atoms with Crippen LogP contribution in [0.1, 0.15) is 123 Å². The van der Waals surface area contributed by atoms with E-state index < -0.39 is 0 Å². The van der Waals surface area contributed by atoms with Gasteiger partial charge in [0.05, 0.1) is 19.6 Å². The summed E-state index contributed by atoms with van der Waals surface area (Å²) in [6.07, 6.45) is 21.2. The van der Waals surface area contributed by atoms with E-state index in [-0.39, 0.29) is 12.4 Å². The lowest BCUT2D eigenvalue weighted by molar-refractivity contribution is -0.941. The van der Waals surface area contributed by atoms with E-state index in [4.69, 9.17) is 0 Å². The van der Waals surface area contributed by atoms with Crippen LogP contribution in [0.2, 0.25) is 0 Å². The number of quaternary nitrogens is 1. The highest BCUT2D eigenvalue weighted by Gasteiger charge is 2.26. The maximum atomic E-state index is 2.35. The molecule has 0 radical (unpaired) electrons. The Morgan fingerprint density at radius 1 is 0.500 bits per heavy atom. The van der Waals surface area contributed by atoms with Crippen LogP contribution in [-0.4, -0.2) is 24.1 Å². The van der Waals surface area contributed by atoms with Gasteiger partial charge in [-0.2, -0.15) is 0 Å². The number of rotatable bonds is 20. The molecule has 1 nitrogen and oxygen atoms in total. The summed E-state index contributed by atoms with van der Waals surface area (Å²) in [4.78, 5) is 0. The quantitative estimate of drug-likeness (QED) is 0.175. The Morgan fingerprint density at radius 2 is 0.900 bits per heavy atom. The molecule has 0 saturated heterocycles. The Balaban J connectivity index is 0.00000841. The van der Waals surface area contributed by atoms with Gasteiger partial charge in [-0.1, -0.05) is 122 Å². The van der Waals surface area contributed by atoms with Gasteiger partial charge in [0.15, 0.2) is 0 Å². The molecule has 0 unspecified atom stereocenters. The third-order valence-electron chi connectivity index (χ3n) is 6.57. The number of unbranched alkanes of at least 4 members (excludes halogenated alkanes) is 12.